The number of nitrogens with one attached hydrogen (secondary N) is 2. The molecule has 0 aliphatic heterocycles. The number of hydrogen-bond acceptors (Lipinski definition) is 7. The molecule has 0 spiro atoms. The minimum Gasteiger partial charge on any atom is -0.377 e. The van der Waals surface area contributed by atoms with E-state index in [4.69, 9.17) is 0 Å². The van der Waals surface area contributed by atoms with Gasteiger partial charge in [0.25, 0.3) is 0 Å². The molecule has 1 unspecified atom stereocenters. The fourth-order valence-corrected chi connectivity index (χ4v) is 5.12. The van der Waals surface area contributed by atoms with Gasteiger partial charge in [0.1, 0.15) is 5.69 Å². The van der Waals surface area contributed by atoms with Gasteiger partial charge in [-0.25, -0.2) is 8.42 Å². The Labute approximate surface area is 186 Å². The van der Waals surface area contributed by atoms with Crippen molar-refractivity contribution in [1.82, 2.24) is 15.0 Å². The van der Waals surface area contributed by atoms with Gasteiger partial charge in [-0.1, -0.05) is 24.3 Å². The van der Waals surface area contributed by atoms with Crippen LogP contribution < -0.4 is 14.9 Å². The molecule has 1 aliphatic rings. The second-order valence-corrected chi connectivity index (χ2v) is 9.34. The van der Waals surface area contributed by atoms with Gasteiger partial charge in [-0.3, -0.25) is 14.6 Å². The number of fused-ring (bicyclic) bond motifs is 2. The lowest BCUT2D eigenvalue weighted by Crippen LogP contribution is -2.44. The number of sulfonamides is 1. The minimum absolute atomic E-state index is 0.00999. The van der Waals surface area contributed by atoms with Gasteiger partial charge in [-0.05, 0) is 31.2 Å². The number of ketones is 2. The standard InChI is InChI=1S/C23H22N4O4S/c1-14(25-18-13-20(28)17-9-6-12-24-22(17)23(18)29)26-32(30,31)21-11-5-7-15-16(21)8-4-10-19(15)27(2)3/h4-14,25-26H,1-3H3. The van der Waals surface area contributed by atoms with Gasteiger partial charge in [0, 0.05) is 42.8 Å². The number of allylic oxidation sites excluding steroid dienone is 2. The first-order valence-electron chi connectivity index (χ1n) is 9.93. The molecule has 0 saturated heterocycles. The first kappa shape index (κ1) is 21.7. The molecule has 3 aromatic rings. The maximum Gasteiger partial charge on any atom is 0.242 e. The Morgan fingerprint density at radius 1 is 0.969 bits per heavy atom. The summed E-state index contributed by atoms with van der Waals surface area (Å²) >= 11 is 0. The molecule has 0 amide bonds. The molecule has 164 valence electrons. The summed E-state index contributed by atoms with van der Waals surface area (Å²) in [6.07, 6.45) is 1.74. The van der Waals surface area contributed by atoms with E-state index in [0.717, 1.165) is 11.1 Å². The summed E-state index contributed by atoms with van der Waals surface area (Å²) in [7, 11) is -0.156. The largest absolute Gasteiger partial charge is 0.377 e. The molecule has 0 fully saturated rings. The smallest absolute Gasteiger partial charge is 0.242 e. The summed E-state index contributed by atoms with van der Waals surface area (Å²) in [5.41, 5.74) is 1.16. The third-order valence-corrected chi connectivity index (χ3v) is 6.74. The third kappa shape index (κ3) is 3.88. The minimum atomic E-state index is -3.94. The SMILES string of the molecule is CC(NC1=CC(=O)c2cccnc2C1=O)NS(=O)(=O)c1cccc2c(N(C)C)cccc12. The van der Waals surface area contributed by atoms with Crippen molar-refractivity contribution in [2.45, 2.75) is 18.0 Å². The lowest BCUT2D eigenvalue weighted by molar-refractivity contribution is 0.0972. The molecule has 1 aromatic heterocycles. The van der Waals surface area contributed by atoms with Gasteiger partial charge in [0.05, 0.1) is 22.3 Å². The van der Waals surface area contributed by atoms with Crippen LogP contribution in [0.1, 0.15) is 27.8 Å². The predicted molar refractivity (Wildman–Crippen MR) is 122 cm³/mol. The summed E-state index contributed by atoms with van der Waals surface area (Å²) < 4.78 is 28.9. The second kappa shape index (κ2) is 8.18. The Hall–Kier alpha value is -3.56. The van der Waals surface area contributed by atoms with Crippen molar-refractivity contribution in [1.29, 1.82) is 0 Å². The molecule has 1 heterocycles. The number of carbonyl (C=O) groups excluding carboxylic acids is 2. The molecular formula is C23H22N4O4S. The molecule has 2 N–H and O–H groups in total. The van der Waals surface area contributed by atoms with E-state index in [-0.39, 0.29) is 27.6 Å². The van der Waals surface area contributed by atoms with Crippen molar-refractivity contribution in [3.8, 4) is 0 Å². The van der Waals surface area contributed by atoms with Gasteiger partial charge in [-0.15, -0.1) is 0 Å². The zero-order valence-corrected chi connectivity index (χ0v) is 18.6. The van der Waals surface area contributed by atoms with Gasteiger partial charge < -0.3 is 10.2 Å². The normalized spacial score (nSPS) is 14.7. The van der Waals surface area contributed by atoms with E-state index < -0.39 is 22.0 Å². The maximum atomic E-state index is 13.2. The molecule has 9 heteroatoms. The van der Waals surface area contributed by atoms with Crippen LogP contribution in [-0.4, -0.2) is 45.2 Å². The molecule has 32 heavy (non-hydrogen) atoms. The molecule has 8 nitrogen and oxygen atoms in total. The van der Waals surface area contributed by atoms with E-state index in [1.54, 1.807) is 31.2 Å². The highest BCUT2D eigenvalue weighted by Gasteiger charge is 2.28. The average molecular weight is 451 g/mol. The van der Waals surface area contributed by atoms with E-state index in [0.29, 0.717) is 5.39 Å². The molecule has 1 atom stereocenters. The van der Waals surface area contributed by atoms with Crippen LogP contribution in [0, 0.1) is 0 Å². The summed E-state index contributed by atoms with van der Waals surface area (Å²) in [5.74, 6) is -0.831. The van der Waals surface area contributed by atoms with Crippen molar-refractivity contribution in [3.63, 3.8) is 0 Å². The summed E-state index contributed by atoms with van der Waals surface area (Å²) in [6, 6.07) is 13.7. The van der Waals surface area contributed by atoms with E-state index in [1.165, 1.54) is 24.4 Å². The van der Waals surface area contributed by atoms with E-state index >= 15 is 0 Å². The van der Waals surface area contributed by atoms with Crippen LogP contribution in [0.3, 0.4) is 0 Å². The Morgan fingerprint density at radius 3 is 2.44 bits per heavy atom. The lowest BCUT2D eigenvalue weighted by atomic mass is 9.97. The Balaban J connectivity index is 1.61. The average Bonchev–Trinajstić information content (AvgIpc) is 2.76. The Bertz CT molecular complexity index is 1380. The van der Waals surface area contributed by atoms with Crippen LogP contribution >= 0.6 is 0 Å². The first-order valence-corrected chi connectivity index (χ1v) is 11.4. The number of hydrogen-bond donors (Lipinski definition) is 2. The number of aromatic nitrogens is 1. The number of carbonyl (C=O) groups is 2. The highest BCUT2D eigenvalue weighted by Crippen LogP contribution is 2.30. The van der Waals surface area contributed by atoms with E-state index in [2.05, 4.69) is 15.0 Å². The molecule has 0 saturated carbocycles. The summed E-state index contributed by atoms with van der Waals surface area (Å²) in [5, 5.41) is 4.18. The number of Topliss-reactive ketones (excluding diaryl/α,β-unsaturated/α-hetero) is 1. The van der Waals surface area contributed by atoms with Crippen molar-refractivity contribution >= 4 is 38.0 Å². The predicted octanol–water partition coefficient (Wildman–Crippen LogP) is 2.48. The fraction of sp³-hybridized carbons (Fsp3) is 0.174. The zero-order valence-electron chi connectivity index (χ0n) is 17.8. The number of anilines is 1. The molecule has 1 aliphatic carbocycles. The molecular weight excluding hydrogens is 428 g/mol. The number of benzene rings is 2. The number of pyridine rings is 1. The summed E-state index contributed by atoms with van der Waals surface area (Å²) in [6.45, 7) is 1.56. The molecule has 0 bridgehead atoms. The van der Waals surface area contributed by atoms with Gasteiger partial charge in [0.15, 0.2) is 5.78 Å². The van der Waals surface area contributed by atoms with Crippen LogP contribution in [0.15, 0.2) is 71.4 Å². The van der Waals surface area contributed by atoms with Crippen molar-refractivity contribution in [2.75, 3.05) is 19.0 Å². The van der Waals surface area contributed by atoms with Crippen LogP contribution in [0.25, 0.3) is 10.8 Å². The fourth-order valence-electron chi connectivity index (χ4n) is 3.74. The Kier molecular flexibility index (Phi) is 5.53. The van der Waals surface area contributed by atoms with Crippen LogP contribution in [-0.2, 0) is 10.0 Å². The topological polar surface area (TPSA) is 108 Å². The Morgan fingerprint density at radius 2 is 1.69 bits per heavy atom. The van der Waals surface area contributed by atoms with Crippen molar-refractivity contribution < 1.29 is 18.0 Å². The van der Waals surface area contributed by atoms with Crippen LogP contribution in [0.2, 0.25) is 0 Å². The highest BCUT2D eigenvalue weighted by atomic mass is 32.2. The molecule has 0 radical (unpaired) electrons. The van der Waals surface area contributed by atoms with Crippen LogP contribution in [0.4, 0.5) is 5.69 Å². The van der Waals surface area contributed by atoms with Crippen molar-refractivity contribution in [3.05, 3.63) is 77.8 Å². The van der Waals surface area contributed by atoms with Crippen molar-refractivity contribution in [2.24, 2.45) is 0 Å². The molecule has 2 aromatic carbocycles. The molecule has 4 rings (SSSR count). The lowest BCUT2D eigenvalue weighted by Gasteiger charge is -2.22. The van der Waals surface area contributed by atoms with Gasteiger partial charge in [0.2, 0.25) is 15.8 Å². The third-order valence-electron chi connectivity index (χ3n) is 5.14. The quantitative estimate of drug-likeness (QED) is 0.556. The maximum absolute atomic E-state index is 13.2. The number of rotatable bonds is 6. The highest BCUT2D eigenvalue weighted by molar-refractivity contribution is 7.89. The monoisotopic (exact) mass is 450 g/mol. The zero-order chi connectivity index (χ0) is 23.0. The van der Waals surface area contributed by atoms with E-state index in [1.807, 2.05) is 31.1 Å². The number of nitrogens with zero attached hydrogens (tertiary/aromatic N) is 2. The van der Waals surface area contributed by atoms with Crippen LogP contribution in [0.5, 0.6) is 0 Å². The van der Waals surface area contributed by atoms with Gasteiger partial charge >= 0.3 is 0 Å². The van der Waals surface area contributed by atoms with E-state index in [9.17, 15) is 18.0 Å². The second-order valence-electron chi connectivity index (χ2n) is 7.66. The summed E-state index contributed by atoms with van der Waals surface area (Å²) in [4.78, 5) is 31.0. The first-order chi connectivity index (χ1) is 15.2. The van der Waals surface area contributed by atoms with Gasteiger partial charge in [-0.2, -0.15) is 4.72 Å².